The van der Waals surface area contributed by atoms with Crippen LogP contribution in [0.3, 0.4) is 0 Å². The van der Waals surface area contributed by atoms with Crippen LogP contribution in [0.4, 0.5) is 5.88 Å². The molecule has 162 valence electrons. The molecule has 0 bridgehead atoms. The molecule has 10 heteroatoms. The van der Waals surface area contributed by atoms with Crippen LogP contribution in [-0.4, -0.2) is 36.8 Å². The van der Waals surface area contributed by atoms with Crippen LogP contribution in [0.25, 0.3) is 11.0 Å². The van der Waals surface area contributed by atoms with Crippen LogP contribution in [0.5, 0.6) is 0 Å². The second-order valence-corrected chi connectivity index (χ2v) is 6.87. The first-order chi connectivity index (χ1) is 14.7. The Labute approximate surface area is 181 Å². The Kier molecular flexibility index (Phi) is 6.45. The third-order valence-corrected chi connectivity index (χ3v) is 4.42. The van der Waals surface area contributed by atoms with Gasteiger partial charge in [-0.3, -0.25) is 14.9 Å². The molecule has 2 heterocycles. The number of Topliss-reactive ketones (excluding diaryl/α,β-unsaturated/α-hetero) is 1. The Balaban J connectivity index is 1.71. The van der Waals surface area contributed by atoms with Gasteiger partial charge in [-0.1, -0.05) is 11.6 Å². The van der Waals surface area contributed by atoms with E-state index in [1.54, 1.807) is 25.1 Å². The summed E-state index contributed by atoms with van der Waals surface area (Å²) in [5.74, 6) is -3.14. The summed E-state index contributed by atoms with van der Waals surface area (Å²) < 4.78 is 20.6. The van der Waals surface area contributed by atoms with Crippen molar-refractivity contribution < 1.29 is 37.5 Å². The van der Waals surface area contributed by atoms with Crippen molar-refractivity contribution in [3.8, 4) is 0 Å². The molecule has 1 N–H and O–H groups in total. The standard InChI is InChI=1S/C21H18ClNO8/c1-4-28-21(27)18-17(10(2)24)11(3)30-19(18)23-16(25)9-29-20(26)15-8-12-7-13(22)5-6-14(12)31-15/h5-8H,4,9H2,1-3H3,(H,23,25). The number of benzene rings is 1. The molecule has 0 spiro atoms. The summed E-state index contributed by atoms with van der Waals surface area (Å²) >= 11 is 5.90. The van der Waals surface area contributed by atoms with E-state index >= 15 is 0 Å². The molecule has 9 nitrogen and oxygen atoms in total. The number of fused-ring (bicyclic) bond motifs is 1. The van der Waals surface area contributed by atoms with Crippen LogP contribution in [0.1, 0.15) is 50.9 Å². The van der Waals surface area contributed by atoms with Gasteiger partial charge in [0.1, 0.15) is 16.9 Å². The van der Waals surface area contributed by atoms with E-state index in [1.165, 1.54) is 19.9 Å². The Morgan fingerprint density at radius 3 is 2.45 bits per heavy atom. The first-order valence-electron chi connectivity index (χ1n) is 9.18. The summed E-state index contributed by atoms with van der Waals surface area (Å²) in [6.45, 7) is 3.71. The van der Waals surface area contributed by atoms with Crippen molar-refractivity contribution in [2.24, 2.45) is 0 Å². The van der Waals surface area contributed by atoms with Crippen LogP contribution >= 0.6 is 11.6 Å². The number of hydrogen-bond donors (Lipinski definition) is 1. The normalized spacial score (nSPS) is 10.7. The van der Waals surface area contributed by atoms with Gasteiger partial charge in [0.05, 0.1) is 12.2 Å². The predicted molar refractivity (Wildman–Crippen MR) is 110 cm³/mol. The lowest BCUT2D eigenvalue weighted by Gasteiger charge is -2.06. The molecule has 0 atom stereocenters. The molecule has 1 aromatic carbocycles. The van der Waals surface area contributed by atoms with E-state index in [-0.39, 0.29) is 35.1 Å². The number of rotatable bonds is 7. The number of halogens is 1. The van der Waals surface area contributed by atoms with Crippen molar-refractivity contribution in [1.29, 1.82) is 0 Å². The van der Waals surface area contributed by atoms with Crippen LogP contribution in [-0.2, 0) is 14.3 Å². The van der Waals surface area contributed by atoms with E-state index in [0.29, 0.717) is 16.0 Å². The van der Waals surface area contributed by atoms with Crippen molar-refractivity contribution in [2.45, 2.75) is 20.8 Å². The number of hydrogen-bond acceptors (Lipinski definition) is 8. The molecule has 0 aliphatic rings. The van der Waals surface area contributed by atoms with Crippen molar-refractivity contribution in [3.63, 3.8) is 0 Å². The molecule has 3 aromatic rings. The minimum absolute atomic E-state index is 0.00619. The van der Waals surface area contributed by atoms with Crippen molar-refractivity contribution in [1.82, 2.24) is 0 Å². The lowest BCUT2D eigenvalue weighted by molar-refractivity contribution is -0.119. The van der Waals surface area contributed by atoms with Crippen LogP contribution in [0.2, 0.25) is 5.02 Å². The van der Waals surface area contributed by atoms with Crippen LogP contribution in [0.15, 0.2) is 33.1 Å². The van der Waals surface area contributed by atoms with Gasteiger partial charge >= 0.3 is 11.9 Å². The minimum atomic E-state index is -0.867. The highest BCUT2D eigenvalue weighted by Crippen LogP contribution is 2.28. The van der Waals surface area contributed by atoms with E-state index in [1.807, 2.05) is 0 Å². The molecular weight excluding hydrogens is 430 g/mol. The van der Waals surface area contributed by atoms with Crippen molar-refractivity contribution in [3.05, 3.63) is 51.9 Å². The fourth-order valence-corrected chi connectivity index (χ4v) is 3.11. The van der Waals surface area contributed by atoms with E-state index in [4.69, 9.17) is 29.9 Å². The number of aryl methyl sites for hydroxylation is 1. The molecule has 3 rings (SSSR count). The first kappa shape index (κ1) is 22.1. The Morgan fingerprint density at radius 1 is 1.03 bits per heavy atom. The third kappa shape index (κ3) is 4.77. The van der Waals surface area contributed by atoms with Gasteiger partial charge in [-0.05, 0) is 45.0 Å². The van der Waals surface area contributed by atoms with E-state index < -0.39 is 30.2 Å². The average Bonchev–Trinajstić information content (AvgIpc) is 3.26. The van der Waals surface area contributed by atoms with E-state index in [2.05, 4.69) is 5.32 Å². The number of furan rings is 2. The number of ketones is 1. The van der Waals surface area contributed by atoms with Crippen molar-refractivity contribution in [2.75, 3.05) is 18.5 Å². The second-order valence-electron chi connectivity index (χ2n) is 6.43. The number of nitrogens with one attached hydrogen (secondary N) is 1. The van der Waals surface area contributed by atoms with E-state index in [9.17, 15) is 19.2 Å². The Hall–Kier alpha value is -3.59. The summed E-state index contributed by atoms with van der Waals surface area (Å²) in [7, 11) is 0. The summed E-state index contributed by atoms with van der Waals surface area (Å²) in [6, 6.07) is 6.27. The SMILES string of the molecule is CCOC(=O)c1c(NC(=O)COC(=O)c2cc3cc(Cl)ccc3o2)oc(C)c1C(C)=O. The van der Waals surface area contributed by atoms with Gasteiger partial charge in [-0.2, -0.15) is 0 Å². The van der Waals surface area contributed by atoms with Gasteiger partial charge in [0, 0.05) is 10.4 Å². The fourth-order valence-electron chi connectivity index (χ4n) is 2.93. The summed E-state index contributed by atoms with van der Waals surface area (Å²) in [6.07, 6.45) is 0. The molecule has 2 aromatic heterocycles. The zero-order valence-corrected chi connectivity index (χ0v) is 17.6. The fraction of sp³-hybridized carbons (Fsp3) is 0.238. The Bertz CT molecular complexity index is 1190. The summed E-state index contributed by atoms with van der Waals surface area (Å²) in [5, 5.41) is 3.40. The maximum atomic E-state index is 12.3. The molecule has 0 unspecified atom stereocenters. The molecule has 0 radical (unpaired) electrons. The number of esters is 2. The van der Waals surface area contributed by atoms with Crippen LogP contribution < -0.4 is 5.32 Å². The molecule has 0 aliphatic carbocycles. The highest BCUT2D eigenvalue weighted by atomic mass is 35.5. The number of anilines is 1. The molecule has 0 fully saturated rings. The maximum Gasteiger partial charge on any atom is 0.374 e. The zero-order chi connectivity index (χ0) is 22.7. The molecular formula is C21H18ClNO8. The number of ether oxygens (including phenoxy) is 2. The van der Waals surface area contributed by atoms with Gasteiger partial charge in [0.2, 0.25) is 11.6 Å². The highest BCUT2D eigenvalue weighted by molar-refractivity contribution is 6.31. The second kappa shape index (κ2) is 9.05. The van der Waals surface area contributed by atoms with Gasteiger partial charge in [0.25, 0.3) is 5.91 Å². The number of carbonyl (C=O) groups excluding carboxylic acids is 4. The predicted octanol–water partition coefficient (Wildman–Crippen LogP) is 4.16. The van der Waals surface area contributed by atoms with Gasteiger partial charge in [-0.25, -0.2) is 9.59 Å². The molecule has 0 aliphatic heterocycles. The zero-order valence-electron chi connectivity index (χ0n) is 16.9. The smallest absolute Gasteiger partial charge is 0.374 e. The van der Waals surface area contributed by atoms with Gasteiger partial charge in [0.15, 0.2) is 12.4 Å². The maximum absolute atomic E-state index is 12.3. The molecule has 0 saturated carbocycles. The number of amides is 1. The minimum Gasteiger partial charge on any atom is -0.462 e. The quantitative estimate of drug-likeness (QED) is 0.422. The highest BCUT2D eigenvalue weighted by Gasteiger charge is 2.29. The molecule has 1 amide bonds. The van der Waals surface area contributed by atoms with Gasteiger partial charge < -0.3 is 18.3 Å². The number of carbonyl (C=O) groups is 4. The first-order valence-corrected chi connectivity index (χ1v) is 9.56. The largest absolute Gasteiger partial charge is 0.462 e. The summed E-state index contributed by atoms with van der Waals surface area (Å²) in [5.41, 5.74) is 0.245. The monoisotopic (exact) mass is 447 g/mol. The van der Waals surface area contributed by atoms with Crippen molar-refractivity contribution >= 4 is 52.1 Å². The summed E-state index contributed by atoms with van der Waals surface area (Å²) in [4.78, 5) is 48.6. The lowest BCUT2D eigenvalue weighted by Crippen LogP contribution is -2.22. The third-order valence-electron chi connectivity index (χ3n) is 4.18. The average molecular weight is 448 g/mol. The molecule has 31 heavy (non-hydrogen) atoms. The van der Waals surface area contributed by atoms with Gasteiger partial charge in [-0.15, -0.1) is 0 Å². The molecule has 0 saturated heterocycles. The lowest BCUT2D eigenvalue weighted by atomic mass is 10.1. The topological polar surface area (TPSA) is 125 Å². The van der Waals surface area contributed by atoms with E-state index in [0.717, 1.165) is 0 Å². The van der Waals surface area contributed by atoms with Crippen LogP contribution in [0, 0.1) is 6.92 Å². The Morgan fingerprint density at radius 2 is 1.77 bits per heavy atom.